The number of furan rings is 1. The van der Waals surface area contributed by atoms with Crippen molar-refractivity contribution in [3.05, 3.63) is 34.5 Å². The van der Waals surface area contributed by atoms with Crippen LogP contribution in [0.25, 0.3) is 11.0 Å². The van der Waals surface area contributed by atoms with Gasteiger partial charge in [0.2, 0.25) is 0 Å². The zero-order valence-electron chi connectivity index (χ0n) is 13.5. The SMILES string of the molecule is CC(NCC(C)(C)CN(C)C)c1cc2cc(Br)ccc2o1. The molecule has 116 valence electrons. The van der Waals surface area contributed by atoms with Crippen LogP contribution in [0.15, 0.2) is 33.2 Å². The molecule has 2 rings (SSSR count). The lowest BCUT2D eigenvalue weighted by atomic mass is 9.92. The Balaban J connectivity index is 2.03. The minimum absolute atomic E-state index is 0.206. The quantitative estimate of drug-likeness (QED) is 0.833. The summed E-state index contributed by atoms with van der Waals surface area (Å²) >= 11 is 3.50. The molecular formula is C17H25BrN2O. The van der Waals surface area contributed by atoms with Gasteiger partial charge in [-0.1, -0.05) is 29.8 Å². The largest absolute Gasteiger partial charge is 0.459 e. The molecule has 1 aromatic carbocycles. The molecule has 0 bridgehead atoms. The Morgan fingerprint density at radius 2 is 2.00 bits per heavy atom. The van der Waals surface area contributed by atoms with Crippen molar-refractivity contribution >= 4 is 26.9 Å². The lowest BCUT2D eigenvalue weighted by Crippen LogP contribution is -2.38. The molecule has 3 nitrogen and oxygen atoms in total. The normalized spacial score (nSPS) is 14.0. The van der Waals surface area contributed by atoms with Crippen molar-refractivity contribution in [2.45, 2.75) is 26.8 Å². The van der Waals surface area contributed by atoms with Crippen LogP contribution in [-0.4, -0.2) is 32.1 Å². The second-order valence-corrected chi connectivity index (χ2v) is 7.75. The molecule has 1 atom stereocenters. The minimum atomic E-state index is 0.206. The maximum absolute atomic E-state index is 5.94. The van der Waals surface area contributed by atoms with Gasteiger partial charge in [0, 0.05) is 22.9 Å². The molecule has 0 aliphatic carbocycles. The highest BCUT2D eigenvalue weighted by Crippen LogP contribution is 2.27. The molecule has 0 saturated heterocycles. The number of fused-ring (bicyclic) bond motifs is 1. The van der Waals surface area contributed by atoms with Gasteiger partial charge < -0.3 is 14.6 Å². The summed E-state index contributed by atoms with van der Waals surface area (Å²) in [6, 6.07) is 8.43. The van der Waals surface area contributed by atoms with E-state index in [0.717, 1.165) is 34.3 Å². The van der Waals surface area contributed by atoms with Crippen LogP contribution in [-0.2, 0) is 0 Å². The van der Waals surface area contributed by atoms with Gasteiger partial charge in [-0.15, -0.1) is 0 Å². The molecule has 0 amide bonds. The third kappa shape index (κ3) is 4.56. The first kappa shape index (κ1) is 16.5. The molecule has 0 aliphatic heterocycles. The highest BCUT2D eigenvalue weighted by molar-refractivity contribution is 9.10. The Morgan fingerprint density at radius 1 is 1.29 bits per heavy atom. The number of nitrogens with zero attached hydrogens (tertiary/aromatic N) is 1. The first-order valence-corrected chi connectivity index (χ1v) is 8.13. The Bertz CT molecular complexity index is 604. The Morgan fingerprint density at radius 3 is 2.67 bits per heavy atom. The number of rotatable bonds is 6. The maximum atomic E-state index is 5.94. The lowest BCUT2D eigenvalue weighted by Gasteiger charge is -2.29. The van der Waals surface area contributed by atoms with Crippen molar-refractivity contribution < 1.29 is 4.42 Å². The molecule has 0 saturated carbocycles. The van der Waals surface area contributed by atoms with Gasteiger partial charge in [0.15, 0.2) is 0 Å². The van der Waals surface area contributed by atoms with Gasteiger partial charge in [-0.25, -0.2) is 0 Å². The molecule has 1 N–H and O–H groups in total. The van der Waals surface area contributed by atoms with Gasteiger partial charge in [0.1, 0.15) is 11.3 Å². The topological polar surface area (TPSA) is 28.4 Å². The zero-order chi connectivity index (χ0) is 15.6. The van der Waals surface area contributed by atoms with E-state index in [1.54, 1.807) is 0 Å². The van der Waals surface area contributed by atoms with Gasteiger partial charge in [-0.2, -0.15) is 0 Å². The van der Waals surface area contributed by atoms with E-state index in [4.69, 9.17) is 4.42 Å². The smallest absolute Gasteiger partial charge is 0.134 e. The summed E-state index contributed by atoms with van der Waals surface area (Å²) in [7, 11) is 4.23. The fraction of sp³-hybridized carbons (Fsp3) is 0.529. The molecule has 0 aliphatic rings. The van der Waals surface area contributed by atoms with Crippen LogP contribution in [0.4, 0.5) is 0 Å². The first-order chi connectivity index (χ1) is 9.77. The first-order valence-electron chi connectivity index (χ1n) is 7.34. The highest BCUT2D eigenvalue weighted by atomic mass is 79.9. The van der Waals surface area contributed by atoms with Gasteiger partial charge in [-0.05, 0) is 50.7 Å². The van der Waals surface area contributed by atoms with Crippen LogP contribution in [0.3, 0.4) is 0 Å². The van der Waals surface area contributed by atoms with Crippen LogP contribution in [0, 0.1) is 5.41 Å². The van der Waals surface area contributed by atoms with Gasteiger partial charge in [0.25, 0.3) is 0 Å². The van der Waals surface area contributed by atoms with Crippen LogP contribution in [0.5, 0.6) is 0 Å². The Labute approximate surface area is 135 Å². The van der Waals surface area contributed by atoms with E-state index in [0.29, 0.717) is 0 Å². The molecule has 21 heavy (non-hydrogen) atoms. The van der Waals surface area contributed by atoms with E-state index in [1.165, 1.54) is 0 Å². The van der Waals surface area contributed by atoms with Crippen LogP contribution < -0.4 is 5.32 Å². The number of hydrogen-bond donors (Lipinski definition) is 1. The molecule has 1 unspecified atom stereocenters. The van der Waals surface area contributed by atoms with Gasteiger partial charge in [0.05, 0.1) is 6.04 Å². The predicted molar refractivity (Wildman–Crippen MR) is 92.7 cm³/mol. The maximum Gasteiger partial charge on any atom is 0.134 e. The van der Waals surface area contributed by atoms with E-state index in [-0.39, 0.29) is 11.5 Å². The average Bonchev–Trinajstić information content (AvgIpc) is 2.77. The highest BCUT2D eigenvalue weighted by Gasteiger charge is 2.21. The monoisotopic (exact) mass is 352 g/mol. The van der Waals surface area contributed by atoms with Crippen molar-refractivity contribution in [3.63, 3.8) is 0 Å². The van der Waals surface area contributed by atoms with Crippen LogP contribution >= 0.6 is 15.9 Å². The lowest BCUT2D eigenvalue weighted by molar-refractivity contribution is 0.224. The van der Waals surface area contributed by atoms with Gasteiger partial charge in [-0.3, -0.25) is 0 Å². The van der Waals surface area contributed by atoms with Crippen LogP contribution in [0.2, 0.25) is 0 Å². The summed E-state index contributed by atoms with van der Waals surface area (Å²) in [6.45, 7) is 8.72. The number of nitrogens with one attached hydrogen (secondary N) is 1. The molecule has 2 aromatic rings. The van der Waals surface area contributed by atoms with E-state index < -0.39 is 0 Å². The van der Waals surface area contributed by atoms with E-state index in [9.17, 15) is 0 Å². The molecule has 0 radical (unpaired) electrons. The minimum Gasteiger partial charge on any atom is -0.459 e. The second kappa shape index (κ2) is 6.51. The van der Waals surface area contributed by atoms with E-state index in [1.807, 2.05) is 12.1 Å². The molecule has 1 heterocycles. The van der Waals surface area contributed by atoms with E-state index >= 15 is 0 Å². The summed E-state index contributed by atoms with van der Waals surface area (Å²) in [5.74, 6) is 0.990. The van der Waals surface area contributed by atoms with Crippen molar-refractivity contribution in [1.82, 2.24) is 10.2 Å². The Kier molecular flexibility index (Phi) is 5.12. The summed E-state index contributed by atoms with van der Waals surface area (Å²) in [6.07, 6.45) is 0. The van der Waals surface area contributed by atoms with Crippen molar-refractivity contribution in [2.75, 3.05) is 27.2 Å². The summed E-state index contributed by atoms with van der Waals surface area (Å²) in [5.41, 5.74) is 1.17. The van der Waals surface area contributed by atoms with Gasteiger partial charge >= 0.3 is 0 Å². The zero-order valence-corrected chi connectivity index (χ0v) is 15.1. The molecule has 1 aromatic heterocycles. The predicted octanol–water partition coefficient (Wildman–Crippen LogP) is 4.43. The Hall–Kier alpha value is -0.840. The van der Waals surface area contributed by atoms with E-state index in [2.05, 4.69) is 73.1 Å². The number of hydrogen-bond acceptors (Lipinski definition) is 3. The van der Waals surface area contributed by atoms with Crippen LogP contribution in [0.1, 0.15) is 32.6 Å². The summed E-state index contributed by atoms with van der Waals surface area (Å²) in [4.78, 5) is 2.23. The second-order valence-electron chi connectivity index (χ2n) is 6.84. The van der Waals surface area contributed by atoms with Crippen molar-refractivity contribution in [2.24, 2.45) is 5.41 Å². The fourth-order valence-corrected chi connectivity index (χ4v) is 3.07. The van der Waals surface area contributed by atoms with Crippen molar-refractivity contribution in [3.8, 4) is 0 Å². The number of benzene rings is 1. The molecule has 0 spiro atoms. The third-order valence-electron chi connectivity index (χ3n) is 3.56. The molecule has 4 heteroatoms. The number of halogens is 1. The average molecular weight is 353 g/mol. The summed E-state index contributed by atoms with van der Waals surface area (Å²) < 4.78 is 7.02. The molecule has 0 fully saturated rings. The fourth-order valence-electron chi connectivity index (χ4n) is 2.69. The standard InChI is InChI=1S/C17H25BrN2O/c1-12(19-10-17(2,3)11-20(4)5)16-9-13-8-14(18)6-7-15(13)21-16/h6-9,12,19H,10-11H2,1-5H3. The van der Waals surface area contributed by atoms with Crippen molar-refractivity contribution in [1.29, 1.82) is 0 Å². The third-order valence-corrected chi connectivity index (χ3v) is 4.05. The molecular weight excluding hydrogens is 328 g/mol. The summed E-state index contributed by atoms with van der Waals surface area (Å²) in [5, 5.41) is 4.73.